The lowest BCUT2D eigenvalue weighted by molar-refractivity contribution is -0.121. The van der Waals surface area contributed by atoms with Crippen LogP contribution in [0.1, 0.15) is 11.1 Å². The van der Waals surface area contributed by atoms with Crippen molar-refractivity contribution < 1.29 is 4.79 Å². The summed E-state index contributed by atoms with van der Waals surface area (Å²) in [5.74, 6) is -0.168. The first-order valence-corrected chi connectivity index (χ1v) is 10.8. The molecule has 0 spiro atoms. The van der Waals surface area contributed by atoms with Crippen LogP contribution in [-0.4, -0.2) is 64.5 Å². The number of rotatable bonds is 7. The summed E-state index contributed by atoms with van der Waals surface area (Å²) in [6.45, 7) is 8.34. The fourth-order valence-electron chi connectivity index (χ4n) is 4.03. The number of fused-ring (bicyclic) bond motifs is 1. The van der Waals surface area contributed by atoms with Crippen LogP contribution in [0.2, 0.25) is 0 Å². The minimum Gasteiger partial charge on any atom is -0.353 e. The van der Waals surface area contributed by atoms with E-state index in [0.717, 1.165) is 44.8 Å². The van der Waals surface area contributed by atoms with Crippen molar-refractivity contribution in [3.63, 3.8) is 0 Å². The minimum atomic E-state index is -0.182. The zero-order chi connectivity index (χ0) is 21.6. The van der Waals surface area contributed by atoms with Gasteiger partial charge in [-0.3, -0.25) is 24.0 Å². The molecule has 0 bridgehead atoms. The number of hydrogen-bond acceptors (Lipinski definition) is 5. The number of carbonyl (C=O) groups excluding carboxylic acids is 1. The highest BCUT2D eigenvalue weighted by molar-refractivity contribution is 5.81. The molecule has 4 rings (SSSR count). The molecule has 1 aliphatic rings. The van der Waals surface area contributed by atoms with E-state index in [-0.39, 0.29) is 18.0 Å². The number of benzene rings is 2. The predicted molar refractivity (Wildman–Crippen MR) is 122 cm³/mol. The molecule has 31 heavy (non-hydrogen) atoms. The van der Waals surface area contributed by atoms with Crippen LogP contribution in [0.3, 0.4) is 0 Å². The molecule has 1 N–H and O–H groups in total. The molecule has 1 fully saturated rings. The van der Waals surface area contributed by atoms with E-state index < -0.39 is 0 Å². The molecule has 0 atom stereocenters. The normalized spacial score (nSPS) is 15.3. The molecule has 0 unspecified atom stereocenters. The molecule has 1 aliphatic heterocycles. The summed E-state index contributed by atoms with van der Waals surface area (Å²) < 4.78 is 1.37. The molecule has 1 amide bonds. The van der Waals surface area contributed by atoms with Gasteiger partial charge in [0.2, 0.25) is 5.91 Å². The zero-order valence-corrected chi connectivity index (χ0v) is 18.0. The maximum Gasteiger partial charge on any atom is 0.261 e. The van der Waals surface area contributed by atoms with Crippen molar-refractivity contribution in [2.75, 3.05) is 39.3 Å². The summed E-state index contributed by atoms with van der Waals surface area (Å²) in [6.07, 6.45) is 1.46. The van der Waals surface area contributed by atoms with Gasteiger partial charge in [0, 0.05) is 45.8 Å². The van der Waals surface area contributed by atoms with Crippen molar-refractivity contribution >= 4 is 16.8 Å². The Morgan fingerprint density at radius 1 is 1.00 bits per heavy atom. The Morgan fingerprint density at radius 2 is 1.74 bits per heavy atom. The van der Waals surface area contributed by atoms with Gasteiger partial charge in [-0.2, -0.15) is 0 Å². The topological polar surface area (TPSA) is 70.5 Å². The van der Waals surface area contributed by atoms with Crippen LogP contribution in [0.15, 0.2) is 59.7 Å². The van der Waals surface area contributed by atoms with Crippen molar-refractivity contribution in [3.8, 4) is 0 Å². The third kappa shape index (κ3) is 5.37. The molecule has 0 radical (unpaired) electrons. The standard InChI is InChI=1S/C24H29N5O2/c1-19-6-5-9-21-23(19)26-18-29(24(21)31)17-22(30)25-10-11-27-12-14-28(15-13-27)16-20-7-3-2-4-8-20/h2-9,18H,10-17H2,1H3,(H,25,30). The largest absolute Gasteiger partial charge is 0.353 e. The van der Waals surface area contributed by atoms with Crippen molar-refractivity contribution in [1.29, 1.82) is 0 Å². The van der Waals surface area contributed by atoms with E-state index in [1.807, 2.05) is 25.1 Å². The fourth-order valence-corrected chi connectivity index (χ4v) is 4.03. The predicted octanol–water partition coefficient (Wildman–Crippen LogP) is 1.64. The Hall–Kier alpha value is -3.03. The highest BCUT2D eigenvalue weighted by Gasteiger charge is 2.17. The second kappa shape index (κ2) is 9.85. The molecule has 2 heterocycles. The van der Waals surface area contributed by atoms with E-state index in [1.165, 1.54) is 16.5 Å². The Balaban J connectivity index is 1.21. The van der Waals surface area contributed by atoms with Gasteiger partial charge in [0.15, 0.2) is 0 Å². The molecule has 162 valence electrons. The summed E-state index contributed by atoms with van der Waals surface area (Å²) in [5.41, 5.74) is 2.81. The van der Waals surface area contributed by atoms with Crippen LogP contribution in [-0.2, 0) is 17.9 Å². The van der Waals surface area contributed by atoms with Crippen LogP contribution < -0.4 is 10.9 Å². The number of nitrogens with zero attached hydrogens (tertiary/aromatic N) is 4. The summed E-state index contributed by atoms with van der Waals surface area (Å²) in [6, 6.07) is 16.1. The molecule has 0 saturated carbocycles. The molecular formula is C24H29N5O2. The van der Waals surface area contributed by atoms with E-state index in [4.69, 9.17) is 0 Å². The van der Waals surface area contributed by atoms with Gasteiger partial charge in [-0.05, 0) is 24.1 Å². The second-order valence-corrected chi connectivity index (χ2v) is 8.10. The van der Waals surface area contributed by atoms with E-state index >= 15 is 0 Å². The Kier molecular flexibility index (Phi) is 6.74. The smallest absolute Gasteiger partial charge is 0.261 e. The van der Waals surface area contributed by atoms with E-state index in [9.17, 15) is 9.59 Å². The lowest BCUT2D eigenvalue weighted by Crippen LogP contribution is -2.48. The van der Waals surface area contributed by atoms with Gasteiger partial charge in [0.05, 0.1) is 17.2 Å². The summed E-state index contributed by atoms with van der Waals surface area (Å²) in [4.78, 5) is 34.2. The highest BCUT2D eigenvalue weighted by atomic mass is 16.2. The van der Waals surface area contributed by atoms with Crippen LogP contribution in [0.25, 0.3) is 10.9 Å². The lowest BCUT2D eigenvalue weighted by atomic mass is 10.1. The number of aryl methyl sites for hydroxylation is 1. The quantitative estimate of drug-likeness (QED) is 0.631. The monoisotopic (exact) mass is 419 g/mol. The molecule has 7 nitrogen and oxygen atoms in total. The number of carbonyl (C=O) groups is 1. The third-order valence-electron chi connectivity index (χ3n) is 5.83. The number of nitrogens with one attached hydrogen (secondary N) is 1. The molecule has 2 aromatic carbocycles. The minimum absolute atomic E-state index is 0.0133. The van der Waals surface area contributed by atoms with E-state index in [1.54, 1.807) is 6.07 Å². The first-order chi connectivity index (χ1) is 15.1. The van der Waals surface area contributed by atoms with Gasteiger partial charge in [0.25, 0.3) is 5.56 Å². The maximum atomic E-state index is 12.6. The molecule has 3 aromatic rings. The summed E-state index contributed by atoms with van der Waals surface area (Å²) in [5, 5.41) is 3.48. The van der Waals surface area contributed by atoms with Crippen LogP contribution in [0, 0.1) is 6.92 Å². The molecule has 1 aromatic heterocycles. The van der Waals surface area contributed by atoms with Crippen LogP contribution in [0.5, 0.6) is 0 Å². The molecular weight excluding hydrogens is 390 g/mol. The van der Waals surface area contributed by atoms with E-state index in [2.05, 4.69) is 44.4 Å². The van der Waals surface area contributed by atoms with Crippen LogP contribution in [0.4, 0.5) is 0 Å². The number of aromatic nitrogens is 2. The average Bonchev–Trinajstić information content (AvgIpc) is 2.78. The van der Waals surface area contributed by atoms with Crippen LogP contribution >= 0.6 is 0 Å². The van der Waals surface area contributed by atoms with E-state index in [0.29, 0.717) is 17.4 Å². The van der Waals surface area contributed by atoms with Gasteiger partial charge in [-0.15, -0.1) is 0 Å². The second-order valence-electron chi connectivity index (χ2n) is 8.10. The van der Waals surface area contributed by atoms with Crippen molar-refractivity contribution in [2.45, 2.75) is 20.0 Å². The Morgan fingerprint density at radius 3 is 2.52 bits per heavy atom. The van der Waals surface area contributed by atoms with Gasteiger partial charge in [-0.25, -0.2) is 4.98 Å². The van der Waals surface area contributed by atoms with Crippen molar-refractivity contribution in [2.24, 2.45) is 0 Å². The van der Waals surface area contributed by atoms with Crippen molar-refractivity contribution in [1.82, 2.24) is 24.7 Å². The number of hydrogen-bond donors (Lipinski definition) is 1. The first-order valence-electron chi connectivity index (χ1n) is 10.8. The number of piperazine rings is 1. The lowest BCUT2D eigenvalue weighted by Gasteiger charge is -2.34. The average molecular weight is 420 g/mol. The van der Waals surface area contributed by atoms with Crippen molar-refractivity contribution in [3.05, 3.63) is 76.3 Å². The maximum absolute atomic E-state index is 12.6. The molecule has 1 saturated heterocycles. The molecule has 7 heteroatoms. The zero-order valence-electron chi connectivity index (χ0n) is 18.0. The van der Waals surface area contributed by atoms with Gasteiger partial charge in [0.1, 0.15) is 6.54 Å². The number of para-hydroxylation sites is 1. The summed E-state index contributed by atoms with van der Waals surface area (Å²) >= 11 is 0. The van der Waals surface area contributed by atoms with Gasteiger partial charge < -0.3 is 5.32 Å². The Bertz CT molecular complexity index is 1090. The molecule has 0 aliphatic carbocycles. The number of amides is 1. The first kappa shape index (κ1) is 21.2. The third-order valence-corrected chi connectivity index (χ3v) is 5.83. The fraction of sp³-hybridized carbons (Fsp3) is 0.375. The van der Waals surface area contributed by atoms with Gasteiger partial charge in [-0.1, -0.05) is 42.5 Å². The van der Waals surface area contributed by atoms with Gasteiger partial charge >= 0.3 is 0 Å². The SMILES string of the molecule is Cc1cccc2c(=O)n(CC(=O)NCCN3CCN(Cc4ccccc4)CC3)cnc12. The Labute approximate surface area is 182 Å². The highest BCUT2D eigenvalue weighted by Crippen LogP contribution is 2.11. The summed E-state index contributed by atoms with van der Waals surface area (Å²) in [7, 11) is 0.